The molecule has 0 unspecified atom stereocenters. The van der Waals surface area contributed by atoms with Gasteiger partial charge in [-0.15, -0.1) is 11.3 Å². The highest BCUT2D eigenvalue weighted by atomic mass is 32.1. The number of ether oxygens (including phenoxy) is 1. The molecule has 3 rings (SSSR count). The highest BCUT2D eigenvalue weighted by molar-refractivity contribution is 7.13. The topological polar surface area (TPSA) is 61.3 Å². The Labute approximate surface area is 118 Å². The van der Waals surface area contributed by atoms with E-state index in [1.165, 1.54) is 24.5 Å². The Kier molecular flexibility index (Phi) is 3.15. The molecule has 0 aliphatic carbocycles. The lowest BCUT2D eigenvalue weighted by Crippen LogP contribution is -1.92. The second-order valence-electron chi connectivity index (χ2n) is 4.07. The molecular weight excluding hydrogens is 279 g/mol. The Hall–Kier alpha value is -2.34. The van der Waals surface area contributed by atoms with Crippen molar-refractivity contribution in [3.63, 3.8) is 0 Å². The van der Waals surface area contributed by atoms with Crippen molar-refractivity contribution in [1.82, 2.24) is 5.16 Å². The molecule has 2 heterocycles. The van der Waals surface area contributed by atoms with Crippen molar-refractivity contribution in [3.05, 3.63) is 41.5 Å². The first-order valence-electron chi connectivity index (χ1n) is 5.84. The van der Waals surface area contributed by atoms with Gasteiger partial charge < -0.3 is 15.0 Å². The van der Waals surface area contributed by atoms with Gasteiger partial charge in [0, 0.05) is 4.88 Å². The van der Waals surface area contributed by atoms with Crippen LogP contribution in [0.3, 0.4) is 0 Å². The third-order valence-corrected chi connectivity index (χ3v) is 3.80. The number of thiophene rings is 1. The molecule has 1 aromatic carbocycles. The minimum atomic E-state index is -0.446. The summed E-state index contributed by atoms with van der Waals surface area (Å²) in [6, 6.07) is 8.34. The van der Waals surface area contributed by atoms with Crippen LogP contribution in [0.1, 0.15) is 0 Å². The van der Waals surface area contributed by atoms with Crippen LogP contribution >= 0.6 is 11.3 Å². The van der Waals surface area contributed by atoms with Crippen LogP contribution in [0.25, 0.3) is 21.8 Å². The minimum absolute atomic E-state index is 0.225. The fraction of sp³-hybridized carbons (Fsp3) is 0.0714. The van der Waals surface area contributed by atoms with Gasteiger partial charge in [-0.3, -0.25) is 0 Å². The van der Waals surface area contributed by atoms with Gasteiger partial charge in [0.2, 0.25) is 0 Å². The van der Waals surface area contributed by atoms with Crippen LogP contribution in [0.2, 0.25) is 0 Å². The molecule has 20 heavy (non-hydrogen) atoms. The molecule has 0 spiro atoms. The maximum atomic E-state index is 14.1. The van der Waals surface area contributed by atoms with E-state index < -0.39 is 5.82 Å². The summed E-state index contributed by atoms with van der Waals surface area (Å²) in [6.45, 7) is 0. The van der Waals surface area contributed by atoms with Gasteiger partial charge in [-0.05, 0) is 23.6 Å². The van der Waals surface area contributed by atoms with Gasteiger partial charge in [0.05, 0.1) is 18.2 Å². The van der Waals surface area contributed by atoms with Gasteiger partial charge in [-0.1, -0.05) is 17.3 Å². The Morgan fingerprint density at radius 1 is 1.25 bits per heavy atom. The summed E-state index contributed by atoms with van der Waals surface area (Å²) < 4.78 is 24.6. The molecular formula is C14H11FN2O2S. The molecule has 0 saturated heterocycles. The third kappa shape index (κ3) is 1.94. The van der Waals surface area contributed by atoms with E-state index in [2.05, 4.69) is 5.16 Å². The quantitative estimate of drug-likeness (QED) is 0.797. The Bertz CT molecular complexity index is 738. The van der Waals surface area contributed by atoms with E-state index >= 15 is 0 Å². The number of hydrogen-bond acceptors (Lipinski definition) is 5. The van der Waals surface area contributed by atoms with Crippen LogP contribution in [0, 0.1) is 5.82 Å². The third-order valence-electron chi connectivity index (χ3n) is 2.91. The zero-order valence-electron chi connectivity index (χ0n) is 10.6. The Balaban J connectivity index is 2.27. The smallest absolute Gasteiger partial charge is 0.184 e. The predicted molar refractivity (Wildman–Crippen MR) is 76.2 cm³/mol. The van der Waals surface area contributed by atoms with E-state index in [4.69, 9.17) is 15.0 Å². The van der Waals surface area contributed by atoms with E-state index in [1.807, 2.05) is 17.5 Å². The summed E-state index contributed by atoms with van der Waals surface area (Å²) in [5.41, 5.74) is 6.66. The lowest BCUT2D eigenvalue weighted by molar-refractivity contribution is 0.402. The molecule has 2 aromatic heterocycles. The monoisotopic (exact) mass is 290 g/mol. The molecule has 3 aromatic rings. The molecule has 0 atom stereocenters. The number of rotatable bonds is 3. The number of methoxy groups -OCH3 is 1. The van der Waals surface area contributed by atoms with Crippen LogP contribution in [-0.2, 0) is 0 Å². The van der Waals surface area contributed by atoms with E-state index in [9.17, 15) is 4.39 Å². The summed E-state index contributed by atoms with van der Waals surface area (Å²) in [4.78, 5) is 0.865. The molecule has 102 valence electrons. The number of benzene rings is 1. The molecule has 0 aliphatic rings. The maximum absolute atomic E-state index is 14.1. The number of nitrogen functional groups attached to an aromatic ring is 1. The zero-order valence-corrected chi connectivity index (χ0v) is 11.4. The number of nitrogens with zero attached hydrogens (tertiary/aromatic N) is 1. The summed E-state index contributed by atoms with van der Waals surface area (Å²) in [7, 11) is 1.48. The number of halogens is 1. The van der Waals surface area contributed by atoms with Crippen LogP contribution in [0.5, 0.6) is 5.75 Å². The molecule has 6 heteroatoms. The normalized spacial score (nSPS) is 10.7. The van der Waals surface area contributed by atoms with E-state index in [0.717, 1.165) is 4.88 Å². The molecule has 0 amide bonds. The van der Waals surface area contributed by atoms with E-state index in [1.54, 1.807) is 12.1 Å². The van der Waals surface area contributed by atoms with Crippen LogP contribution < -0.4 is 10.5 Å². The van der Waals surface area contributed by atoms with Gasteiger partial charge >= 0.3 is 0 Å². The summed E-state index contributed by atoms with van der Waals surface area (Å²) >= 11 is 1.48. The van der Waals surface area contributed by atoms with Crippen LogP contribution in [0.4, 0.5) is 10.2 Å². The molecule has 0 aliphatic heterocycles. The molecule has 0 saturated carbocycles. The second-order valence-corrected chi connectivity index (χ2v) is 5.01. The highest BCUT2D eigenvalue weighted by Crippen LogP contribution is 2.42. The predicted octanol–water partition coefficient (Wildman–Crippen LogP) is 3.80. The number of nitrogens with two attached hydrogens (primary N) is 1. The summed E-state index contributed by atoms with van der Waals surface area (Å²) in [6.07, 6.45) is 0. The minimum Gasteiger partial charge on any atom is -0.496 e. The van der Waals surface area contributed by atoms with E-state index in [0.29, 0.717) is 11.3 Å². The SMILES string of the molecule is COc1cccc(F)c1-c1onc(N)c1-c1cccs1. The molecule has 0 fully saturated rings. The molecule has 4 nitrogen and oxygen atoms in total. The van der Waals surface area contributed by atoms with Crippen molar-refractivity contribution in [2.45, 2.75) is 0 Å². The van der Waals surface area contributed by atoms with Crippen molar-refractivity contribution in [1.29, 1.82) is 0 Å². The first-order chi connectivity index (χ1) is 9.72. The van der Waals surface area contributed by atoms with Crippen molar-refractivity contribution in [2.75, 3.05) is 12.8 Å². The van der Waals surface area contributed by atoms with Crippen LogP contribution in [-0.4, -0.2) is 12.3 Å². The van der Waals surface area contributed by atoms with Gasteiger partial charge in [0.15, 0.2) is 11.6 Å². The van der Waals surface area contributed by atoms with Crippen molar-refractivity contribution < 1.29 is 13.7 Å². The van der Waals surface area contributed by atoms with Gasteiger partial charge in [-0.2, -0.15) is 0 Å². The Morgan fingerprint density at radius 3 is 2.80 bits per heavy atom. The number of anilines is 1. The second kappa shape index (κ2) is 4.97. The lowest BCUT2D eigenvalue weighted by Gasteiger charge is -2.07. The molecule has 0 bridgehead atoms. The molecule has 0 radical (unpaired) electrons. The first-order valence-corrected chi connectivity index (χ1v) is 6.72. The molecule has 2 N–H and O–H groups in total. The van der Waals surface area contributed by atoms with Crippen molar-refractivity contribution in [2.24, 2.45) is 0 Å². The van der Waals surface area contributed by atoms with Gasteiger partial charge in [-0.25, -0.2) is 4.39 Å². The fourth-order valence-corrected chi connectivity index (χ4v) is 2.80. The first kappa shape index (κ1) is 12.7. The zero-order chi connectivity index (χ0) is 14.1. The summed E-state index contributed by atoms with van der Waals surface area (Å²) in [5.74, 6) is 0.435. The van der Waals surface area contributed by atoms with Gasteiger partial charge in [0.1, 0.15) is 11.6 Å². The van der Waals surface area contributed by atoms with Gasteiger partial charge in [0.25, 0.3) is 0 Å². The average Bonchev–Trinajstić information content (AvgIpc) is 3.07. The number of hydrogen-bond donors (Lipinski definition) is 1. The average molecular weight is 290 g/mol. The number of aromatic nitrogens is 1. The summed E-state index contributed by atoms with van der Waals surface area (Å²) in [5, 5.41) is 5.66. The highest BCUT2D eigenvalue weighted by Gasteiger charge is 2.24. The van der Waals surface area contributed by atoms with Crippen molar-refractivity contribution >= 4 is 17.2 Å². The van der Waals surface area contributed by atoms with Crippen LogP contribution in [0.15, 0.2) is 40.2 Å². The van der Waals surface area contributed by atoms with Crippen molar-refractivity contribution in [3.8, 4) is 27.5 Å². The maximum Gasteiger partial charge on any atom is 0.184 e. The Morgan fingerprint density at radius 2 is 2.10 bits per heavy atom. The fourth-order valence-electron chi connectivity index (χ4n) is 2.03. The largest absolute Gasteiger partial charge is 0.496 e. The lowest BCUT2D eigenvalue weighted by atomic mass is 10.1. The van der Waals surface area contributed by atoms with E-state index in [-0.39, 0.29) is 17.1 Å². The standard InChI is InChI=1S/C14H11FN2O2S/c1-18-9-5-2-4-8(15)11(9)13-12(14(16)17-19-13)10-6-3-7-20-10/h2-7H,1H3,(H2,16,17).